The van der Waals surface area contributed by atoms with Crippen molar-refractivity contribution in [1.82, 2.24) is 9.13 Å². The number of furan rings is 1. The van der Waals surface area contributed by atoms with Gasteiger partial charge in [-0.1, -0.05) is 151 Å². The third-order valence-corrected chi connectivity index (χ3v) is 17.9. The summed E-state index contributed by atoms with van der Waals surface area (Å²) in [5.74, 6) is 0. The van der Waals surface area contributed by atoms with Gasteiger partial charge in [-0.2, -0.15) is 10.5 Å². The molecule has 0 spiro atoms. The molecule has 0 amide bonds. The lowest BCUT2D eigenvalue weighted by Crippen LogP contribution is -2.68. The lowest BCUT2D eigenvalue weighted by atomic mass is 10.1. The molecule has 0 saturated heterocycles. The van der Waals surface area contributed by atoms with E-state index in [1.54, 1.807) is 0 Å². The molecule has 1 unspecified atom stereocenters. The van der Waals surface area contributed by atoms with E-state index in [4.69, 9.17) is 4.42 Å². The van der Waals surface area contributed by atoms with Crippen LogP contribution in [0.25, 0.3) is 76.9 Å². The number of aromatic nitrogens is 2. The minimum atomic E-state index is -3.21. The Hall–Kier alpha value is -8.42. The summed E-state index contributed by atoms with van der Waals surface area (Å²) in [5.41, 5.74) is 8.53. The first kappa shape index (κ1) is 36.4. The van der Waals surface area contributed by atoms with Crippen molar-refractivity contribution in [3.05, 3.63) is 223 Å². The van der Waals surface area contributed by atoms with E-state index in [0.29, 0.717) is 17.5 Å². The van der Waals surface area contributed by atoms with Crippen LogP contribution in [0, 0.1) is 22.7 Å². The number of nitriles is 2. The van der Waals surface area contributed by atoms with Crippen molar-refractivity contribution in [2.45, 2.75) is 6.42 Å². The molecule has 0 radical (unpaired) electrons. The first-order chi connectivity index (χ1) is 31.2. The van der Waals surface area contributed by atoms with Crippen LogP contribution in [0.5, 0.6) is 0 Å². The second-order valence-corrected chi connectivity index (χ2v) is 20.1. The third kappa shape index (κ3) is 5.39. The Kier molecular flexibility index (Phi) is 8.30. The van der Waals surface area contributed by atoms with Gasteiger partial charge in [-0.3, -0.25) is 0 Å². The monoisotopic (exact) mass is 820 g/mol. The molecule has 0 bridgehead atoms. The zero-order chi connectivity index (χ0) is 42.1. The highest BCUT2D eigenvalue weighted by molar-refractivity contribution is 7.16. The van der Waals surface area contributed by atoms with Gasteiger partial charge in [0.2, 0.25) is 0 Å². The summed E-state index contributed by atoms with van der Waals surface area (Å²) in [6, 6.07) is 66.8. The summed E-state index contributed by atoms with van der Waals surface area (Å²) in [6.45, 7) is 0. The molecule has 3 aromatic heterocycles. The number of benzene rings is 8. The Labute approximate surface area is 364 Å². The average Bonchev–Trinajstić information content (AvgIpc) is 3.89. The van der Waals surface area contributed by atoms with E-state index < -0.39 is 8.07 Å². The normalized spacial score (nSPS) is 13.7. The predicted molar refractivity (Wildman–Crippen MR) is 260 cm³/mol. The minimum absolute atomic E-state index is 0.565. The second-order valence-electron chi connectivity index (χ2n) is 16.2. The molecule has 8 aromatic carbocycles. The first-order valence-electron chi connectivity index (χ1n) is 21.2. The number of nitrogens with zero attached hydrogens (tertiary/aromatic N) is 4. The standard InChI is InChI=1S/C57H36N4OSi/c58-36-38-32-42(28-30-50(38)60-52-24-12-8-20-44(52)45-21-9-13-25-53(45)60)63(41-18-6-3-7-19-41,40-16-4-1-2-5-17-40)43-29-31-51(39(33-43)37-59)61-54-26-14-10-22-46(54)48-34-49-47-23-11-15-27-56(47)62-57(49)35-55(48)61/h1-16,18-35H,17H2. The van der Waals surface area contributed by atoms with Gasteiger partial charge in [-0.05, 0) is 76.6 Å². The summed E-state index contributed by atoms with van der Waals surface area (Å²) in [5, 5.41) is 33.6. The molecule has 0 N–H and O–H groups in total. The van der Waals surface area contributed by atoms with Crippen LogP contribution in [0.1, 0.15) is 17.5 Å². The highest BCUT2D eigenvalue weighted by Crippen LogP contribution is 2.39. The van der Waals surface area contributed by atoms with Crippen LogP contribution in [-0.2, 0) is 0 Å². The Morgan fingerprint density at radius 2 is 0.968 bits per heavy atom. The summed E-state index contributed by atoms with van der Waals surface area (Å²) in [4.78, 5) is 0. The van der Waals surface area contributed by atoms with Crippen LogP contribution in [0.4, 0.5) is 0 Å². The van der Waals surface area contributed by atoms with Crippen molar-refractivity contribution >= 4 is 89.2 Å². The van der Waals surface area contributed by atoms with Crippen molar-refractivity contribution in [3.8, 4) is 23.5 Å². The van der Waals surface area contributed by atoms with Gasteiger partial charge in [0, 0.05) is 38.4 Å². The maximum atomic E-state index is 11.3. The van der Waals surface area contributed by atoms with E-state index in [0.717, 1.165) is 87.3 Å². The number of rotatable bonds is 6. The Balaban J connectivity index is 1.12. The van der Waals surface area contributed by atoms with Gasteiger partial charge >= 0.3 is 0 Å². The summed E-state index contributed by atoms with van der Waals surface area (Å²) in [6.07, 6.45) is 11.5. The SMILES string of the molecule is N#Cc1cc([Si](C2=CC=CC=CC2)(c2ccccc2)c2ccc(-n3c4ccccc4c4cc5c(cc43)oc3ccccc35)c(C#N)c2)ccc1-n1c2ccccc2c2ccccc21. The van der Waals surface area contributed by atoms with Gasteiger partial charge in [-0.15, -0.1) is 0 Å². The van der Waals surface area contributed by atoms with Crippen molar-refractivity contribution in [2.24, 2.45) is 0 Å². The van der Waals surface area contributed by atoms with Crippen LogP contribution in [0.3, 0.4) is 0 Å². The van der Waals surface area contributed by atoms with E-state index in [2.05, 4.69) is 209 Å². The van der Waals surface area contributed by atoms with Gasteiger partial charge in [0.25, 0.3) is 0 Å². The molecule has 3 heterocycles. The molecule has 294 valence electrons. The Bertz CT molecular complexity index is 3810. The van der Waals surface area contributed by atoms with Crippen LogP contribution < -0.4 is 15.6 Å². The van der Waals surface area contributed by atoms with E-state index >= 15 is 0 Å². The van der Waals surface area contributed by atoms with Gasteiger partial charge in [0.05, 0.1) is 44.6 Å². The maximum absolute atomic E-state index is 11.3. The lowest BCUT2D eigenvalue weighted by Gasteiger charge is -2.36. The maximum Gasteiger partial charge on any atom is 0.176 e. The molecule has 63 heavy (non-hydrogen) atoms. The summed E-state index contributed by atoms with van der Waals surface area (Å²) < 4.78 is 10.9. The van der Waals surface area contributed by atoms with Crippen LogP contribution in [0.15, 0.2) is 216 Å². The molecule has 0 fully saturated rings. The molecular formula is C57H36N4OSi. The number of allylic oxidation sites excluding steroid dienone is 6. The predicted octanol–water partition coefficient (Wildman–Crippen LogP) is 12.0. The van der Waals surface area contributed by atoms with E-state index in [-0.39, 0.29) is 0 Å². The number of hydrogen-bond acceptors (Lipinski definition) is 3. The molecule has 0 saturated carbocycles. The highest BCUT2D eigenvalue weighted by atomic mass is 28.3. The first-order valence-corrected chi connectivity index (χ1v) is 23.2. The Morgan fingerprint density at radius 3 is 1.59 bits per heavy atom. The van der Waals surface area contributed by atoms with Gasteiger partial charge in [-0.25, -0.2) is 0 Å². The smallest absolute Gasteiger partial charge is 0.176 e. The largest absolute Gasteiger partial charge is 0.456 e. The number of hydrogen-bond donors (Lipinski definition) is 0. The highest BCUT2D eigenvalue weighted by Gasteiger charge is 2.43. The molecule has 11 aromatic rings. The topological polar surface area (TPSA) is 70.6 Å². The van der Waals surface area contributed by atoms with Gasteiger partial charge in [0.15, 0.2) is 8.07 Å². The fourth-order valence-corrected chi connectivity index (χ4v) is 15.3. The van der Waals surface area contributed by atoms with Crippen LogP contribution >= 0.6 is 0 Å². The fraction of sp³-hybridized carbons (Fsp3) is 0.0175. The molecule has 1 aliphatic carbocycles. The molecule has 5 nitrogen and oxygen atoms in total. The van der Waals surface area contributed by atoms with Gasteiger partial charge in [0.1, 0.15) is 23.3 Å². The minimum Gasteiger partial charge on any atom is -0.456 e. The molecule has 6 heteroatoms. The summed E-state index contributed by atoms with van der Waals surface area (Å²) >= 11 is 0. The zero-order valence-corrected chi connectivity index (χ0v) is 35.0. The van der Waals surface area contributed by atoms with E-state index in [9.17, 15) is 10.5 Å². The second kappa shape index (κ2) is 14.4. The molecule has 0 aliphatic heterocycles. The molecule has 12 rings (SSSR count). The van der Waals surface area contributed by atoms with Crippen LogP contribution in [0.2, 0.25) is 0 Å². The Morgan fingerprint density at radius 1 is 0.429 bits per heavy atom. The molecule has 1 atom stereocenters. The van der Waals surface area contributed by atoms with Gasteiger partial charge < -0.3 is 13.6 Å². The number of para-hydroxylation sites is 4. The fourth-order valence-electron chi connectivity index (χ4n) is 10.3. The third-order valence-electron chi connectivity index (χ3n) is 13.0. The van der Waals surface area contributed by atoms with Crippen molar-refractivity contribution in [3.63, 3.8) is 0 Å². The van der Waals surface area contributed by atoms with E-state index in [1.807, 2.05) is 18.2 Å². The number of fused-ring (bicyclic) bond motifs is 9. The lowest BCUT2D eigenvalue weighted by molar-refractivity contribution is 0.669. The summed E-state index contributed by atoms with van der Waals surface area (Å²) in [7, 11) is -3.21. The van der Waals surface area contributed by atoms with Crippen LogP contribution in [-0.4, -0.2) is 17.2 Å². The average molecular weight is 821 g/mol. The molecule has 1 aliphatic rings. The molecular weight excluding hydrogens is 785 g/mol. The van der Waals surface area contributed by atoms with E-state index in [1.165, 1.54) is 10.4 Å². The zero-order valence-electron chi connectivity index (χ0n) is 34.0. The van der Waals surface area contributed by atoms with Crippen molar-refractivity contribution in [2.75, 3.05) is 0 Å². The van der Waals surface area contributed by atoms with Crippen molar-refractivity contribution < 1.29 is 4.42 Å². The van der Waals surface area contributed by atoms with Crippen molar-refractivity contribution in [1.29, 1.82) is 10.5 Å². The quantitative estimate of drug-likeness (QED) is 0.124.